The number of para-hydroxylation sites is 3. The van der Waals surface area contributed by atoms with E-state index in [4.69, 9.17) is 8.83 Å². The zero-order chi connectivity index (χ0) is 28.7. The molecule has 3 heterocycles. The highest BCUT2D eigenvalue weighted by atomic mass is 32.2. The molecule has 206 valence electrons. The Morgan fingerprint density at radius 3 is 1.77 bits per heavy atom. The summed E-state index contributed by atoms with van der Waals surface area (Å²) in [5.74, 6) is 0.0195. The van der Waals surface area contributed by atoms with E-state index >= 15 is 0 Å². The summed E-state index contributed by atoms with van der Waals surface area (Å²) in [7, 11) is -3.33. The average Bonchev–Trinajstić information content (AvgIpc) is 3.56. The monoisotopic (exact) mass is 576 g/mol. The van der Waals surface area contributed by atoms with E-state index in [9.17, 15) is 8.42 Å². The standard InChI is InChI=1S/C38H24O4S/c39-43(40)21-26-14-12-23(24-16-17-37-34(19-24)30-7-2-3-10-35(30)41-37)18-32(26)33-20-25(13-15-27(33)22-43)28-8-5-9-31-29-6-1-4-11-36(29)42-38(28)31/h1-20H,21-22H2. The maximum Gasteiger partial charge on any atom is 0.158 e. The summed E-state index contributed by atoms with van der Waals surface area (Å²) >= 11 is 0. The molecule has 0 saturated heterocycles. The van der Waals surface area contributed by atoms with Gasteiger partial charge in [0.2, 0.25) is 0 Å². The summed E-state index contributed by atoms with van der Waals surface area (Å²) in [6, 6.07) is 40.8. The lowest BCUT2D eigenvalue weighted by Gasteiger charge is -2.13. The van der Waals surface area contributed by atoms with Gasteiger partial charge in [-0.25, -0.2) is 8.42 Å². The Morgan fingerprint density at radius 1 is 0.442 bits per heavy atom. The van der Waals surface area contributed by atoms with Crippen LogP contribution in [0.4, 0.5) is 0 Å². The second-order valence-electron chi connectivity index (χ2n) is 11.4. The third-order valence-corrected chi connectivity index (χ3v) is 10.2. The van der Waals surface area contributed by atoms with Crippen molar-refractivity contribution >= 4 is 53.7 Å². The zero-order valence-electron chi connectivity index (χ0n) is 23.0. The van der Waals surface area contributed by atoms with Crippen LogP contribution < -0.4 is 0 Å². The van der Waals surface area contributed by atoms with Crippen LogP contribution in [-0.4, -0.2) is 8.42 Å². The van der Waals surface area contributed by atoms with Gasteiger partial charge in [0, 0.05) is 27.1 Å². The molecular formula is C38H24O4S. The first-order valence-electron chi connectivity index (χ1n) is 14.3. The molecule has 0 saturated carbocycles. The average molecular weight is 577 g/mol. The van der Waals surface area contributed by atoms with Crippen molar-refractivity contribution in [3.63, 3.8) is 0 Å². The lowest BCUT2D eigenvalue weighted by atomic mass is 9.90. The Balaban J connectivity index is 1.24. The van der Waals surface area contributed by atoms with Crippen molar-refractivity contribution in [2.24, 2.45) is 0 Å². The van der Waals surface area contributed by atoms with E-state index in [2.05, 4.69) is 54.6 Å². The summed E-state index contributed by atoms with van der Waals surface area (Å²) in [6.45, 7) is 0. The van der Waals surface area contributed by atoms with Gasteiger partial charge in [-0.1, -0.05) is 84.9 Å². The first kappa shape index (κ1) is 24.5. The molecule has 6 aromatic carbocycles. The minimum atomic E-state index is -3.33. The van der Waals surface area contributed by atoms with Crippen LogP contribution in [0.25, 0.3) is 77.3 Å². The highest BCUT2D eigenvalue weighted by Gasteiger charge is 2.25. The summed E-state index contributed by atoms with van der Waals surface area (Å²) in [6.07, 6.45) is 0. The third kappa shape index (κ3) is 3.85. The van der Waals surface area contributed by atoms with E-state index in [-0.39, 0.29) is 11.5 Å². The quantitative estimate of drug-likeness (QED) is 0.205. The summed E-state index contributed by atoms with van der Waals surface area (Å²) in [4.78, 5) is 0. The van der Waals surface area contributed by atoms with Crippen LogP contribution in [-0.2, 0) is 21.3 Å². The molecule has 2 aromatic heterocycles. The van der Waals surface area contributed by atoms with E-state index < -0.39 is 9.84 Å². The number of furan rings is 2. The minimum absolute atomic E-state index is 0.00837. The fraction of sp³-hybridized carbons (Fsp3) is 0.0526. The third-order valence-electron chi connectivity index (χ3n) is 8.69. The molecule has 0 unspecified atom stereocenters. The van der Waals surface area contributed by atoms with Gasteiger partial charge in [-0.15, -0.1) is 0 Å². The molecule has 0 bridgehead atoms. The molecule has 0 amide bonds. The lowest BCUT2D eigenvalue weighted by molar-refractivity contribution is 0.595. The van der Waals surface area contributed by atoms with Crippen LogP contribution in [0, 0.1) is 0 Å². The van der Waals surface area contributed by atoms with Crippen LogP contribution in [0.2, 0.25) is 0 Å². The predicted molar refractivity (Wildman–Crippen MR) is 174 cm³/mol. The van der Waals surface area contributed by atoms with Gasteiger partial charge in [0.25, 0.3) is 0 Å². The van der Waals surface area contributed by atoms with Crippen LogP contribution >= 0.6 is 0 Å². The normalized spacial score (nSPS) is 14.2. The molecule has 0 spiro atoms. The molecule has 0 fully saturated rings. The van der Waals surface area contributed by atoms with E-state index in [1.54, 1.807) is 0 Å². The number of rotatable bonds is 2. The molecule has 5 heteroatoms. The molecule has 1 aliphatic heterocycles. The van der Waals surface area contributed by atoms with Gasteiger partial charge >= 0.3 is 0 Å². The van der Waals surface area contributed by atoms with Crippen molar-refractivity contribution in [2.75, 3.05) is 0 Å². The van der Waals surface area contributed by atoms with Gasteiger partial charge in [-0.3, -0.25) is 0 Å². The van der Waals surface area contributed by atoms with Gasteiger partial charge in [0.1, 0.15) is 22.3 Å². The van der Waals surface area contributed by atoms with E-state index in [0.29, 0.717) is 0 Å². The van der Waals surface area contributed by atoms with E-state index in [1.165, 1.54) is 0 Å². The highest BCUT2D eigenvalue weighted by molar-refractivity contribution is 7.89. The predicted octanol–water partition coefficient (Wildman–Crippen LogP) is 9.91. The van der Waals surface area contributed by atoms with Crippen molar-refractivity contribution in [1.82, 2.24) is 0 Å². The molecule has 9 rings (SSSR count). The molecule has 4 nitrogen and oxygen atoms in total. The van der Waals surface area contributed by atoms with Gasteiger partial charge in [0.05, 0.1) is 11.5 Å². The zero-order valence-corrected chi connectivity index (χ0v) is 23.8. The van der Waals surface area contributed by atoms with Crippen LogP contribution in [0.15, 0.2) is 130 Å². The van der Waals surface area contributed by atoms with Crippen LogP contribution in [0.1, 0.15) is 11.1 Å². The highest BCUT2D eigenvalue weighted by Crippen LogP contribution is 2.42. The Hall–Kier alpha value is -5.13. The number of benzene rings is 6. The smallest absolute Gasteiger partial charge is 0.158 e. The molecule has 8 aromatic rings. The summed E-state index contributed by atoms with van der Waals surface area (Å²) in [5, 5.41) is 4.29. The Morgan fingerprint density at radius 2 is 1.00 bits per heavy atom. The molecule has 43 heavy (non-hydrogen) atoms. The molecule has 0 radical (unpaired) electrons. The van der Waals surface area contributed by atoms with Gasteiger partial charge in [-0.2, -0.15) is 0 Å². The van der Waals surface area contributed by atoms with Crippen molar-refractivity contribution in [3.8, 4) is 33.4 Å². The van der Waals surface area contributed by atoms with Crippen LogP contribution in [0.3, 0.4) is 0 Å². The van der Waals surface area contributed by atoms with Gasteiger partial charge in [0.15, 0.2) is 9.84 Å². The first-order valence-corrected chi connectivity index (χ1v) is 16.1. The summed E-state index contributed by atoms with van der Waals surface area (Å²) in [5.41, 5.74) is 11.0. The topological polar surface area (TPSA) is 60.4 Å². The molecular weight excluding hydrogens is 552 g/mol. The van der Waals surface area contributed by atoms with Gasteiger partial charge in [-0.05, 0) is 75.3 Å². The largest absolute Gasteiger partial charge is 0.456 e. The number of fused-ring (bicyclic) bond motifs is 9. The second kappa shape index (κ2) is 8.93. The Labute approximate surface area is 247 Å². The van der Waals surface area contributed by atoms with E-state index in [1.807, 2.05) is 66.7 Å². The van der Waals surface area contributed by atoms with Crippen molar-refractivity contribution < 1.29 is 17.3 Å². The number of hydrogen-bond donors (Lipinski definition) is 0. The van der Waals surface area contributed by atoms with Crippen LogP contribution in [0.5, 0.6) is 0 Å². The molecule has 0 N–H and O–H groups in total. The van der Waals surface area contributed by atoms with Crippen molar-refractivity contribution in [1.29, 1.82) is 0 Å². The second-order valence-corrected chi connectivity index (χ2v) is 13.4. The maximum absolute atomic E-state index is 13.2. The SMILES string of the molecule is O=S1(=O)Cc2ccc(-c3ccc4oc5ccccc5c4c3)cc2-c2cc(-c3cccc4c3oc3ccccc34)ccc2C1. The fourth-order valence-corrected chi connectivity index (χ4v) is 8.21. The minimum Gasteiger partial charge on any atom is -0.456 e. The van der Waals surface area contributed by atoms with Crippen molar-refractivity contribution in [3.05, 3.63) is 132 Å². The lowest BCUT2D eigenvalue weighted by Crippen LogP contribution is -2.05. The first-order chi connectivity index (χ1) is 21.0. The van der Waals surface area contributed by atoms with E-state index in [0.717, 1.165) is 88.4 Å². The Bertz CT molecular complexity index is 2530. The summed E-state index contributed by atoms with van der Waals surface area (Å²) < 4.78 is 38.8. The maximum atomic E-state index is 13.2. The van der Waals surface area contributed by atoms with Gasteiger partial charge < -0.3 is 8.83 Å². The fourth-order valence-electron chi connectivity index (χ4n) is 6.66. The Kier molecular flexibility index (Phi) is 5.08. The number of sulfone groups is 1. The molecule has 0 aliphatic carbocycles. The van der Waals surface area contributed by atoms with Crippen molar-refractivity contribution in [2.45, 2.75) is 11.5 Å². The molecule has 0 atom stereocenters. The number of hydrogen-bond acceptors (Lipinski definition) is 4. The molecule has 1 aliphatic rings.